The van der Waals surface area contributed by atoms with Gasteiger partial charge in [-0.3, -0.25) is 4.79 Å². The van der Waals surface area contributed by atoms with Crippen LogP contribution < -0.4 is 9.46 Å². The average Bonchev–Trinajstić information content (AvgIpc) is 2.36. The highest BCUT2D eigenvalue weighted by Crippen LogP contribution is 2.27. The molecule has 0 fully saturated rings. The lowest BCUT2D eigenvalue weighted by molar-refractivity contribution is -0.137. The van der Waals surface area contributed by atoms with Crippen molar-refractivity contribution in [1.29, 1.82) is 0 Å². The lowest BCUT2D eigenvalue weighted by Crippen LogP contribution is -2.36. The van der Waals surface area contributed by atoms with Crippen LogP contribution in [0.1, 0.15) is 19.8 Å². The van der Waals surface area contributed by atoms with E-state index in [9.17, 15) is 13.2 Å². The van der Waals surface area contributed by atoms with Crippen molar-refractivity contribution in [3.05, 3.63) is 22.7 Å². The number of hydrogen-bond acceptors (Lipinski definition) is 4. The van der Waals surface area contributed by atoms with Crippen LogP contribution in [-0.2, 0) is 14.8 Å². The van der Waals surface area contributed by atoms with Crippen molar-refractivity contribution in [2.24, 2.45) is 0 Å². The van der Waals surface area contributed by atoms with Crippen LogP contribution in [0.25, 0.3) is 0 Å². The molecule has 0 aliphatic rings. The molecule has 1 aromatic rings. The highest BCUT2D eigenvalue weighted by molar-refractivity contribution is 9.10. The van der Waals surface area contributed by atoms with Gasteiger partial charge in [0.25, 0.3) is 0 Å². The van der Waals surface area contributed by atoms with Gasteiger partial charge in [-0.1, -0.05) is 6.92 Å². The average molecular weight is 366 g/mol. The van der Waals surface area contributed by atoms with Crippen LogP contribution in [-0.4, -0.2) is 32.6 Å². The van der Waals surface area contributed by atoms with Crippen LogP contribution in [0.5, 0.6) is 5.75 Å². The molecule has 8 heteroatoms. The summed E-state index contributed by atoms with van der Waals surface area (Å²) in [5.74, 6) is -0.531. The topological polar surface area (TPSA) is 92.7 Å². The number of sulfonamides is 1. The number of carboxylic acids is 1. The Hall–Kier alpha value is -1.12. The summed E-state index contributed by atoms with van der Waals surface area (Å²) >= 11 is 3.21. The fourth-order valence-corrected chi connectivity index (χ4v) is 3.62. The third-order valence-electron chi connectivity index (χ3n) is 2.67. The molecule has 1 unspecified atom stereocenters. The van der Waals surface area contributed by atoms with E-state index in [-0.39, 0.29) is 11.3 Å². The van der Waals surface area contributed by atoms with Crippen LogP contribution >= 0.6 is 15.9 Å². The largest absolute Gasteiger partial charge is 0.496 e. The number of methoxy groups -OCH3 is 1. The van der Waals surface area contributed by atoms with Crippen molar-refractivity contribution in [3.63, 3.8) is 0 Å². The van der Waals surface area contributed by atoms with Crippen molar-refractivity contribution in [2.75, 3.05) is 7.11 Å². The molecule has 112 valence electrons. The number of carboxylic acid groups (broad SMARTS) is 1. The highest BCUT2D eigenvalue weighted by Gasteiger charge is 2.21. The van der Waals surface area contributed by atoms with Gasteiger partial charge in [0.05, 0.1) is 22.9 Å². The van der Waals surface area contributed by atoms with Gasteiger partial charge >= 0.3 is 5.97 Å². The van der Waals surface area contributed by atoms with E-state index < -0.39 is 22.0 Å². The first-order valence-corrected chi connectivity index (χ1v) is 8.15. The van der Waals surface area contributed by atoms with E-state index in [1.807, 2.05) is 0 Å². The number of hydrogen-bond donors (Lipinski definition) is 2. The number of carbonyl (C=O) groups is 1. The molecule has 6 nitrogen and oxygen atoms in total. The van der Waals surface area contributed by atoms with Crippen LogP contribution in [0.3, 0.4) is 0 Å². The van der Waals surface area contributed by atoms with E-state index in [2.05, 4.69) is 20.7 Å². The zero-order chi connectivity index (χ0) is 15.3. The maximum absolute atomic E-state index is 12.2. The molecule has 0 amide bonds. The van der Waals surface area contributed by atoms with Crippen LogP contribution in [0, 0.1) is 0 Å². The Bertz CT molecular complexity index is 588. The summed E-state index contributed by atoms with van der Waals surface area (Å²) < 4.78 is 32.3. The van der Waals surface area contributed by atoms with E-state index in [0.29, 0.717) is 16.6 Å². The monoisotopic (exact) mass is 365 g/mol. The first kappa shape index (κ1) is 16.9. The Morgan fingerprint density at radius 1 is 1.50 bits per heavy atom. The standard InChI is InChI=1S/C12H16BrNO5S/c1-3-8(6-12(15)16)14-20(17,18)9-4-5-11(19-2)10(13)7-9/h4-5,7-8,14H,3,6H2,1-2H3,(H,15,16). The van der Waals surface area contributed by atoms with Crippen LogP contribution in [0.15, 0.2) is 27.6 Å². The molecule has 0 radical (unpaired) electrons. The van der Waals surface area contributed by atoms with Gasteiger partial charge in [0, 0.05) is 6.04 Å². The minimum atomic E-state index is -3.76. The van der Waals surface area contributed by atoms with Gasteiger partial charge in [-0.25, -0.2) is 13.1 Å². The first-order chi connectivity index (χ1) is 9.30. The Labute approximate surface area is 126 Å². The molecule has 1 aromatic carbocycles. The molecule has 1 atom stereocenters. The summed E-state index contributed by atoms with van der Waals surface area (Å²) in [5, 5.41) is 8.74. The van der Waals surface area contributed by atoms with Crippen molar-refractivity contribution in [3.8, 4) is 5.75 Å². The molecule has 1 rings (SSSR count). The SMILES string of the molecule is CCC(CC(=O)O)NS(=O)(=O)c1ccc(OC)c(Br)c1. The fourth-order valence-electron chi connectivity index (χ4n) is 1.58. The van der Waals surface area contributed by atoms with E-state index in [0.717, 1.165) is 0 Å². The van der Waals surface area contributed by atoms with Gasteiger partial charge in [0.15, 0.2) is 0 Å². The van der Waals surface area contributed by atoms with E-state index in [1.165, 1.54) is 25.3 Å². The molecule has 0 aliphatic heterocycles. The third-order valence-corrected chi connectivity index (χ3v) is 4.81. The van der Waals surface area contributed by atoms with Gasteiger partial charge in [-0.15, -0.1) is 0 Å². The molecule has 0 saturated carbocycles. The minimum Gasteiger partial charge on any atom is -0.496 e. The maximum Gasteiger partial charge on any atom is 0.304 e. The van der Waals surface area contributed by atoms with E-state index >= 15 is 0 Å². The van der Waals surface area contributed by atoms with Crippen LogP contribution in [0.2, 0.25) is 0 Å². The van der Waals surface area contributed by atoms with Gasteiger partial charge in [0.1, 0.15) is 5.75 Å². The van der Waals surface area contributed by atoms with Crippen molar-refractivity contribution < 1.29 is 23.1 Å². The number of ether oxygens (including phenoxy) is 1. The Kier molecular flexibility index (Phi) is 5.97. The Morgan fingerprint density at radius 2 is 2.15 bits per heavy atom. The quantitative estimate of drug-likeness (QED) is 0.770. The van der Waals surface area contributed by atoms with Crippen molar-refractivity contribution in [1.82, 2.24) is 4.72 Å². The summed E-state index contributed by atoms with van der Waals surface area (Å²) in [5.41, 5.74) is 0. The predicted molar refractivity (Wildman–Crippen MR) is 77.3 cm³/mol. The Balaban J connectivity index is 2.98. The number of nitrogens with one attached hydrogen (secondary N) is 1. The third kappa shape index (κ3) is 4.46. The molecule has 0 aromatic heterocycles. The van der Waals surface area contributed by atoms with Crippen molar-refractivity contribution in [2.45, 2.75) is 30.7 Å². The lowest BCUT2D eigenvalue weighted by atomic mass is 10.2. The van der Waals surface area contributed by atoms with Gasteiger partial charge < -0.3 is 9.84 Å². The smallest absolute Gasteiger partial charge is 0.304 e. The lowest BCUT2D eigenvalue weighted by Gasteiger charge is -2.15. The van der Waals surface area contributed by atoms with Crippen molar-refractivity contribution >= 4 is 31.9 Å². The molecule has 20 heavy (non-hydrogen) atoms. The van der Waals surface area contributed by atoms with E-state index in [1.54, 1.807) is 6.92 Å². The molecular formula is C12H16BrNO5S. The summed E-state index contributed by atoms with van der Waals surface area (Å²) in [6.45, 7) is 1.72. The summed E-state index contributed by atoms with van der Waals surface area (Å²) in [4.78, 5) is 10.7. The minimum absolute atomic E-state index is 0.0500. The molecule has 0 spiro atoms. The number of aliphatic carboxylic acids is 1. The summed E-state index contributed by atoms with van der Waals surface area (Å²) in [7, 11) is -2.28. The molecule has 0 bridgehead atoms. The van der Waals surface area contributed by atoms with E-state index in [4.69, 9.17) is 9.84 Å². The zero-order valence-electron chi connectivity index (χ0n) is 11.1. The number of rotatable bonds is 7. The predicted octanol–water partition coefficient (Wildman–Crippen LogP) is 1.99. The molecular weight excluding hydrogens is 350 g/mol. The number of halogens is 1. The second-order valence-corrected chi connectivity index (χ2v) is 6.69. The first-order valence-electron chi connectivity index (χ1n) is 5.87. The van der Waals surface area contributed by atoms with Gasteiger partial charge in [-0.2, -0.15) is 0 Å². The molecule has 0 aliphatic carbocycles. The van der Waals surface area contributed by atoms with Gasteiger partial charge in [-0.05, 0) is 40.5 Å². The summed E-state index contributed by atoms with van der Waals surface area (Å²) in [6, 6.07) is 3.70. The fraction of sp³-hybridized carbons (Fsp3) is 0.417. The molecule has 0 heterocycles. The number of benzene rings is 1. The second-order valence-electron chi connectivity index (χ2n) is 4.12. The van der Waals surface area contributed by atoms with Crippen LogP contribution in [0.4, 0.5) is 0 Å². The Morgan fingerprint density at radius 3 is 2.60 bits per heavy atom. The van der Waals surface area contributed by atoms with Gasteiger partial charge in [0.2, 0.25) is 10.0 Å². The second kappa shape index (κ2) is 7.05. The summed E-state index contributed by atoms with van der Waals surface area (Å²) in [6.07, 6.45) is 0.135. The zero-order valence-corrected chi connectivity index (χ0v) is 13.5. The highest BCUT2D eigenvalue weighted by atomic mass is 79.9. The molecule has 2 N–H and O–H groups in total. The maximum atomic E-state index is 12.2. The molecule has 0 saturated heterocycles. The normalized spacial score (nSPS) is 12.9.